The van der Waals surface area contributed by atoms with Crippen molar-refractivity contribution < 1.29 is 14.3 Å². The standard InChI is InChI=1S/C21H22ClFN2O2/c22-16-4-7-19-15(10-16)12-25(18-5-6-18)21(27)8-9-24(19)13-20(26)14-2-1-3-17(23)11-14/h1-4,7,10-11,18,20,26H,5-6,8-9,12-13H2. The molecule has 4 rings (SSSR count). The van der Waals surface area contributed by atoms with E-state index in [1.165, 1.54) is 12.1 Å². The van der Waals surface area contributed by atoms with Crippen molar-refractivity contribution in [3.8, 4) is 0 Å². The van der Waals surface area contributed by atoms with Crippen molar-refractivity contribution in [3.63, 3.8) is 0 Å². The zero-order valence-corrected chi connectivity index (χ0v) is 15.7. The molecule has 2 aromatic rings. The first kappa shape index (κ1) is 18.3. The highest BCUT2D eigenvalue weighted by Crippen LogP contribution is 2.34. The van der Waals surface area contributed by atoms with E-state index in [1.54, 1.807) is 12.1 Å². The van der Waals surface area contributed by atoms with Crippen molar-refractivity contribution in [3.05, 3.63) is 64.4 Å². The van der Waals surface area contributed by atoms with Crippen LogP contribution in [0.15, 0.2) is 42.5 Å². The Hall–Kier alpha value is -2.11. The molecule has 1 aliphatic carbocycles. The molecule has 1 atom stereocenters. The normalized spacial score (nSPS) is 18.7. The van der Waals surface area contributed by atoms with Crippen LogP contribution in [-0.2, 0) is 11.3 Å². The Morgan fingerprint density at radius 1 is 1.22 bits per heavy atom. The van der Waals surface area contributed by atoms with Crippen LogP contribution in [0.5, 0.6) is 0 Å². The Balaban J connectivity index is 1.62. The number of aliphatic hydroxyl groups is 1. The third kappa shape index (κ3) is 4.09. The Kier molecular flexibility index (Phi) is 5.06. The van der Waals surface area contributed by atoms with Gasteiger partial charge in [0.05, 0.1) is 6.10 Å². The van der Waals surface area contributed by atoms with E-state index < -0.39 is 6.10 Å². The predicted octanol–water partition coefficient (Wildman–Crippen LogP) is 3.91. The second kappa shape index (κ2) is 7.49. The second-order valence-electron chi connectivity index (χ2n) is 7.29. The lowest BCUT2D eigenvalue weighted by Gasteiger charge is -2.34. The lowest BCUT2D eigenvalue weighted by atomic mass is 10.1. The fraction of sp³-hybridized carbons (Fsp3) is 0.381. The summed E-state index contributed by atoms with van der Waals surface area (Å²) in [4.78, 5) is 16.6. The number of carbonyl (C=O) groups is 1. The summed E-state index contributed by atoms with van der Waals surface area (Å²) in [6.45, 7) is 1.32. The Labute approximate surface area is 163 Å². The summed E-state index contributed by atoms with van der Waals surface area (Å²) >= 11 is 6.20. The SMILES string of the molecule is O=C1CCN(CC(O)c2cccc(F)c2)c2ccc(Cl)cc2CN1C1CC1. The molecular formula is C21H22ClFN2O2. The summed E-state index contributed by atoms with van der Waals surface area (Å²) in [5.74, 6) is -0.241. The van der Waals surface area contributed by atoms with Gasteiger partial charge < -0.3 is 14.9 Å². The number of hydrogen-bond donors (Lipinski definition) is 1. The van der Waals surface area contributed by atoms with Gasteiger partial charge in [0.15, 0.2) is 0 Å². The number of hydrogen-bond acceptors (Lipinski definition) is 3. The van der Waals surface area contributed by atoms with Crippen LogP contribution in [0.1, 0.15) is 36.5 Å². The zero-order chi connectivity index (χ0) is 19.0. The average Bonchev–Trinajstić information content (AvgIpc) is 3.47. The van der Waals surface area contributed by atoms with E-state index in [2.05, 4.69) is 0 Å². The fourth-order valence-corrected chi connectivity index (χ4v) is 3.89. The van der Waals surface area contributed by atoms with Gasteiger partial charge in [-0.25, -0.2) is 4.39 Å². The maximum atomic E-state index is 13.5. The zero-order valence-electron chi connectivity index (χ0n) is 14.9. The number of anilines is 1. The largest absolute Gasteiger partial charge is 0.387 e. The highest BCUT2D eigenvalue weighted by atomic mass is 35.5. The number of nitrogens with zero attached hydrogens (tertiary/aromatic N) is 2. The number of halogens is 2. The Bertz CT molecular complexity index is 856. The van der Waals surface area contributed by atoms with E-state index in [1.807, 2.05) is 28.0 Å². The molecule has 0 bridgehead atoms. The average molecular weight is 389 g/mol. The van der Waals surface area contributed by atoms with Crippen LogP contribution in [0.3, 0.4) is 0 Å². The summed E-state index contributed by atoms with van der Waals surface area (Å²) in [6.07, 6.45) is 1.67. The van der Waals surface area contributed by atoms with E-state index in [0.717, 1.165) is 24.1 Å². The first-order valence-electron chi connectivity index (χ1n) is 9.27. The second-order valence-corrected chi connectivity index (χ2v) is 7.73. The van der Waals surface area contributed by atoms with Crippen molar-refractivity contribution in [1.82, 2.24) is 4.90 Å². The first-order chi connectivity index (χ1) is 13.0. The van der Waals surface area contributed by atoms with Crippen molar-refractivity contribution >= 4 is 23.2 Å². The molecule has 1 saturated carbocycles. The number of β-amino-alcohol motifs (C(OH)–C–C–N with tert-alkyl or cyclic N) is 1. The van der Waals surface area contributed by atoms with Gasteiger partial charge in [0.1, 0.15) is 5.82 Å². The third-order valence-corrected chi connectivity index (χ3v) is 5.49. The van der Waals surface area contributed by atoms with Gasteiger partial charge in [-0.05, 0) is 54.3 Å². The number of amides is 1. The summed E-state index contributed by atoms with van der Waals surface area (Å²) < 4.78 is 13.5. The molecular weight excluding hydrogens is 367 g/mol. The lowest BCUT2D eigenvalue weighted by Crippen LogP contribution is -2.40. The van der Waals surface area contributed by atoms with Gasteiger partial charge in [0.25, 0.3) is 0 Å². The lowest BCUT2D eigenvalue weighted by molar-refractivity contribution is -0.132. The fourth-order valence-electron chi connectivity index (χ4n) is 3.69. The molecule has 142 valence electrons. The highest BCUT2D eigenvalue weighted by Gasteiger charge is 2.34. The highest BCUT2D eigenvalue weighted by molar-refractivity contribution is 6.30. The van der Waals surface area contributed by atoms with Crippen molar-refractivity contribution in [2.24, 2.45) is 0 Å². The van der Waals surface area contributed by atoms with Crippen molar-refractivity contribution in [1.29, 1.82) is 0 Å². The predicted molar refractivity (Wildman–Crippen MR) is 103 cm³/mol. The minimum atomic E-state index is -0.849. The number of aliphatic hydroxyl groups excluding tert-OH is 1. The summed E-state index contributed by atoms with van der Waals surface area (Å²) in [5, 5.41) is 11.3. The quantitative estimate of drug-likeness (QED) is 0.863. The maximum Gasteiger partial charge on any atom is 0.224 e. The molecule has 2 aliphatic rings. The summed E-state index contributed by atoms with van der Waals surface area (Å²) in [5.41, 5.74) is 2.47. The Morgan fingerprint density at radius 3 is 2.78 bits per heavy atom. The van der Waals surface area contributed by atoms with E-state index >= 15 is 0 Å². The van der Waals surface area contributed by atoms with Gasteiger partial charge in [-0.15, -0.1) is 0 Å². The molecule has 2 aromatic carbocycles. The summed E-state index contributed by atoms with van der Waals surface area (Å²) in [6, 6.07) is 12.0. The minimum absolute atomic E-state index is 0.133. The maximum absolute atomic E-state index is 13.5. The van der Waals surface area contributed by atoms with Crippen LogP contribution in [-0.4, -0.2) is 35.0 Å². The van der Waals surface area contributed by atoms with Crippen LogP contribution in [0.2, 0.25) is 5.02 Å². The van der Waals surface area contributed by atoms with Crippen molar-refractivity contribution in [2.75, 3.05) is 18.0 Å². The monoisotopic (exact) mass is 388 g/mol. The van der Waals surface area contributed by atoms with E-state index in [-0.39, 0.29) is 18.3 Å². The first-order valence-corrected chi connectivity index (χ1v) is 9.65. The smallest absolute Gasteiger partial charge is 0.224 e. The molecule has 27 heavy (non-hydrogen) atoms. The molecule has 0 aromatic heterocycles. The molecule has 0 radical (unpaired) electrons. The van der Waals surface area contributed by atoms with Gasteiger partial charge in [0.2, 0.25) is 5.91 Å². The van der Waals surface area contributed by atoms with Gasteiger partial charge in [0, 0.05) is 42.8 Å². The molecule has 1 aliphatic heterocycles. The topological polar surface area (TPSA) is 43.8 Å². The van der Waals surface area contributed by atoms with Gasteiger partial charge in [-0.2, -0.15) is 0 Å². The molecule has 4 nitrogen and oxygen atoms in total. The molecule has 1 unspecified atom stereocenters. The van der Waals surface area contributed by atoms with Crippen LogP contribution in [0.4, 0.5) is 10.1 Å². The van der Waals surface area contributed by atoms with Crippen LogP contribution in [0.25, 0.3) is 0 Å². The van der Waals surface area contributed by atoms with Crippen LogP contribution >= 0.6 is 11.6 Å². The third-order valence-electron chi connectivity index (χ3n) is 5.25. The van der Waals surface area contributed by atoms with Crippen LogP contribution in [0, 0.1) is 5.82 Å². The molecule has 1 fully saturated rings. The van der Waals surface area contributed by atoms with Gasteiger partial charge >= 0.3 is 0 Å². The van der Waals surface area contributed by atoms with E-state index in [0.29, 0.717) is 36.1 Å². The molecule has 0 spiro atoms. The van der Waals surface area contributed by atoms with Crippen LogP contribution < -0.4 is 4.90 Å². The number of rotatable bonds is 4. The molecule has 6 heteroatoms. The molecule has 1 amide bonds. The molecule has 0 saturated heterocycles. The Morgan fingerprint density at radius 2 is 2.04 bits per heavy atom. The van der Waals surface area contributed by atoms with E-state index in [4.69, 9.17) is 11.6 Å². The molecule has 1 N–H and O–H groups in total. The van der Waals surface area contributed by atoms with Gasteiger partial charge in [-0.3, -0.25) is 4.79 Å². The van der Waals surface area contributed by atoms with E-state index in [9.17, 15) is 14.3 Å². The molecule has 1 heterocycles. The van der Waals surface area contributed by atoms with Gasteiger partial charge in [-0.1, -0.05) is 23.7 Å². The summed E-state index contributed by atoms with van der Waals surface area (Å²) in [7, 11) is 0. The number of carbonyl (C=O) groups excluding carboxylic acids is 1. The minimum Gasteiger partial charge on any atom is -0.387 e. The number of fused-ring (bicyclic) bond motifs is 1. The number of benzene rings is 2. The van der Waals surface area contributed by atoms with Crippen molar-refractivity contribution in [2.45, 2.75) is 38.0 Å².